The summed E-state index contributed by atoms with van der Waals surface area (Å²) in [5, 5.41) is 8.69. The number of aromatic nitrogens is 1. The molecule has 1 aromatic heterocycles. The molecule has 126 valence electrons. The summed E-state index contributed by atoms with van der Waals surface area (Å²) in [4.78, 5) is 2.40. The molecule has 0 saturated heterocycles. The van der Waals surface area contributed by atoms with Crippen molar-refractivity contribution in [2.45, 2.75) is 30.1 Å². The number of alkyl halides is 2. The van der Waals surface area contributed by atoms with Crippen molar-refractivity contribution in [3.05, 3.63) is 47.0 Å². The highest BCUT2D eigenvalue weighted by atomic mass is 32.2. The van der Waals surface area contributed by atoms with E-state index < -0.39 is 34.6 Å². The second kappa shape index (κ2) is 5.56. The Labute approximate surface area is 136 Å². The Balaban J connectivity index is 1.93. The number of benzene rings is 1. The maximum absolute atomic E-state index is 13.9. The monoisotopic (exact) mass is 355 g/mol. The average molecular weight is 355 g/mol. The summed E-state index contributed by atoms with van der Waals surface area (Å²) in [5.41, 5.74) is 0.205. The van der Waals surface area contributed by atoms with E-state index in [-0.39, 0.29) is 28.3 Å². The van der Waals surface area contributed by atoms with Crippen LogP contribution in [0.25, 0.3) is 0 Å². The van der Waals surface area contributed by atoms with E-state index in [1.165, 1.54) is 6.07 Å². The van der Waals surface area contributed by atoms with Crippen molar-refractivity contribution >= 4 is 15.7 Å². The Morgan fingerprint density at radius 2 is 2.08 bits per heavy atom. The van der Waals surface area contributed by atoms with E-state index in [1.54, 1.807) is 6.07 Å². The molecule has 0 amide bonds. The minimum absolute atomic E-state index is 0.0525. The van der Waals surface area contributed by atoms with Crippen LogP contribution in [0.4, 0.5) is 18.9 Å². The molecule has 1 aromatic carbocycles. The van der Waals surface area contributed by atoms with Gasteiger partial charge in [0.05, 0.1) is 23.7 Å². The van der Waals surface area contributed by atoms with Gasteiger partial charge < -0.3 is 4.98 Å². The molecule has 0 bridgehead atoms. The molecule has 2 aromatic rings. The van der Waals surface area contributed by atoms with Crippen LogP contribution in [0, 0.1) is 17.1 Å². The zero-order chi connectivity index (χ0) is 17.5. The third-order valence-corrected chi connectivity index (χ3v) is 5.28. The first-order valence-corrected chi connectivity index (χ1v) is 8.49. The third kappa shape index (κ3) is 2.97. The Kier molecular flexibility index (Phi) is 3.80. The molecule has 24 heavy (non-hydrogen) atoms. The van der Waals surface area contributed by atoms with Crippen LogP contribution in [-0.4, -0.2) is 19.3 Å². The number of nitrogens with one attached hydrogen (secondary N) is 2. The minimum Gasteiger partial charge on any atom is -0.363 e. The van der Waals surface area contributed by atoms with Crippen LogP contribution in [0.1, 0.15) is 23.2 Å². The van der Waals surface area contributed by atoms with Crippen molar-refractivity contribution in [2.75, 3.05) is 4.72 Å². The van der Waals surface area contributed by atoms with Crippen LogP contribution in [0.3, 0.4) is 0 Å². The fourth-order valence-corrected chi connectivity index (χ4v) is 4.00. The number of hydrogen-bond acceptors (Lipinski definition) is 3. The Morgan fingerprint density at radius 3 is 2.75 bits per heavy atom. The van der Waals surface area contributed by atoms with E-state index in [0.29, 0.717) is 5.56 Å². The van der Waals surface area contributed by atoms with Gasteiger partial charge in [0.1, 0.15) is 10.7 Å². The second-order valence-corrected chi connectivity index (χ2v) is 7.21. The van der Waals surface area contributed by atoms with Gasteiger partial charge in [0.15, 0.2) is 0 Å². The molecule has 3 rings (SSSR count). The summed E-state index contributed by atoms with van der Waals surface area (Å²) in [6, 6.07) is 5.06. The van der Waals surface area contributed by atoms with Gasteiger partial charge >= 0.3 is 0 Å². The molecule has 0 unspecified atom stereocenters. The predicted molar refractivity (Wildman–Crippen MR) is 79.7 cm³/mol. The van der Waals surface area contributed by atoms with Crippen molar-refractivity contribution in [1.82, 2.24) is 4.98 Å². The van der Waals surface area contributed by atoms with Gasteiger partial charge in [0.25, 0.3) is 15.9 Å². The van der Waals surface area contributed by atoms with E-state index in [1.807, 2.05) is 0 Å². The minimum atomic E-state index is -4.14. The van der Waals surface area contributed by atoms with Crippen LogP contribution in [-0.2, 0) is 22.9 Å². The van der Waals surface area contributed by atoms with E-state index >= 15 is 0 Å². The van der Waals surface area contributed by atoms with Gasteiger partial charge in [-0.2, -0.15) is 5.26 Å². The third-order valence-electron chi connectivity index (χ3n) is 3.85. The SMILES string of the molecule is N#Cc1ccc(NS(=O)(=O)c2c[nH]c3c2CCC(F)(F)C3)c(F)c1. The van der Waals surface area contributed by atoms with E-state index in [9.17, 15) is 21.6 Å². The number of anilines is 1. The second-order valence-electron chi connectivity index (χ2n) is 5.55. The molecule has 1 aliphatic rings. The number of hydrogen-bond donors (Lipinski definition) is 2. The number of aromatic amines is 1. The number of rotatable bonds is 3. The first kappa shape index (κ1) is 16.4. The molecular weight excluding hydrogens is 343 g/mol. The van der Waals surface area contributed by atoms with Crippen LogP contribution in [0.15, 0.2) is 29.3 Å². The lowest BCUT2D eigenvalue weighted by molar-refractivity contribution is -0.0133. The van der Waals surface area contributed by atoms with Gasteiger partial charge in [-0.1, -0.05) is 0 Å². The number of fused-ring (bicyclic) bond motifs is 1. The normalized spacial score (nSPS) is 16.2. The fourth-order valence-electron chi connectivity index (χ4n) is 2.67. The Morgan fingerprint density at radius 1 is 1.33 bits per heavy atom. The van der Waals surface area contributed by atoms with E-state index in [4.69, 9.17) is 5.26 Å². The van der Waals surface area contributed by atoms with Crippen LogP contribution >= 0.6 is 0 Å². The number of H-pyrrole nitrogens is 1. The smallest absolute Gasteiger partial charge is 0.263 e. The predicted octanol–water partition coefficient (Wildman–Crippen LogP) is 2.95. The van der Waals surface area contributed by atoms with Gasteiger partial charge in [0.2, 0.25) is 0 Å². The fraction of sp³-hybridized carbons (Fsp3) is 0.267. The van der Waals surface area contributed by atoms with Crippen molar-refractivity contribution in [3.63, 3.8) is 0 Å². The van der Waals surface area contributed by atoms with Crippen LogP contribution in [0.2, 0.25) is 0 Å². The highest BCUT2D eigenvalue weighted by Gasteiger charge is 2.37. The first-order chi connectivity index (χ1) is 11.2. The molecule has 5 nitrogen and oxygen atoms in total. The topological polar surface area (TPSA) is 85.8 Å². The van der Waals surface area contributed by atoms with Crippen molar-refractivity contribution < 1.29 is 21.6 Å². The molecule has 0 spiro atoms. The van der Waals surface area contributed by atoms with Gasteiger partial charge in [0, 0.05) is 18.3 Å². The molecule has 1 heterocycles. The summed E-state index contributed by atoms with van der Waals surface area (Å²) in [7, 11) is -4.14. The lowest BCUT2D eigenvalue weighted by Crippen LogP contribution is -2.26. The largest absolute Gasteiger partial charge is 0.363 e. The number of nitrogens with zero attached hydrogens (tertiary/aromatic N) is 1. The van der Waals surface area contributed by atoms with Gasteiger partial charge in [-0.3, -0.25) is 4.72 Å². The summed E-state index contributed by atoms with van der Waals surface area (Å²) >= 11 is 0. The maximum atomic E-state index is 13.9. The van der Waals surface area contributed by atoms with Crippen LogP contribution in [0.5, 0.6) is 0 Å². The van der Waals surface area contributed by atoms with Gasteiger partial charge in [-0.15, -0.1) is 0 Å². The molecule has 0 aliphatic heterocycles. The standard InChI is InChI=1S/C15H12F3N3O2S/c16-11-5-9(7-19)1-2-12(11)21-24(22,23)14-8-20-13-6-15(17,18)4-3-10(13)14/h1-2,5,8,20-21H,3-4,6H2. The summed E-state index contributed by atoms with van der Waals surface area (Å²) in [6.45, 7) is 0. The van der Waals surface area contributed by atoms with Crippen LogP contribution < -0.4 is 4.72 Å². The summed E-state index contributed by atoms with van der Waals surface area (Å²) in [5.74, 6) is -3.76. The lowest BCUT2D eigenvalue weighted by Gasteiger charge is -2.22. The van der Waals surface area contributed by atoms with Crippen molar-refractivity contribution in [1.29, 1.82) is 5.26 Å². The molecule has 0 fully saturated rings. The average Bonchev–Trinajstić information content (AvgIpc) is 2.91. The van der Waals surface area contributed by atoms with Gasteiger partial charge in [-0.25, -0.2) is 21.6 Å². The zero-order valence-corrected chi connectivity index (χ0v) is 13.1. The number of halogens is 3. The summed E-state index contributed by atoms with van der Waals surface area (Å²) < 4.78 is 67.7. The van der Waals surface area contributed by atoms with Crippen molar-refractivity contribution in [2.24, 2.45) is 0 Å². The highest BCUT2D eigenvalue weighted by molar-refractivity contribution is 7.92. The molecule has 0 atom stereocenters. The highest BCUT2D eigenvalue weighted by Crippen LogP contribution is 2.36. The maximum Gasteiger partial charge on any atom is 0.263 e. The quantitative estimate of drug-likeness (QED) is 0.888. The first-order valence-electron chi connectivity index (χ1n) is 7.01. The molecule has 0 radical (unpaired) electrons. The molecule has 9 heteroatoms. The Hall–Kier alpha value is -2.47. The molecular formula is C15H12F3N3O2S. The lowest BCUT2D eigenvalue weighted by atomic mass is 9.95. The number of nitriles is 1. The van der Waals surface area contributed by atoms with Gasteiger partial charge in [-0.05, 0) is 30.2 Å². The zero-order valence-electron chi connectivity index (χ0n) is 12.2. The molecule has 0 saturated carbocycles. The molecule has 1 aliphatic carbocycles. The number of sulfonamides is 1. The Bertz CT molecular complexity index is 945. The van der Waals surface area contributed by atoms with E-state index in [2.05, 4.69) is 9.71 Å². The van der Waals surface area contributed by atoms with E-state index in [0.717, 1.165) is 18.3 Å². The summed E-state index contributed by atoms with van der Waals surface area (Å²) in [6.07, 6.45) is 0.0581. The van der Waals surface area contributed by atoms with Crippen molar-refractivity contribution in [3.8, 4) is 6.07 Å². The molecule has 2 N–H and O–H groups in total.